The van der Waals surface area contributed by atoms with Crippen LogP contribution in [0.4, 0.5) is 10.2 Å². The van der Waals surface area contributed by atoms with Gasteiger partial charge in [-0.2, -0.15) is 5.10 Å². The molecule has 2 aromatic carbocycles. The number of amides is 1. The molecule has 0 N–H and O–H groups in total. The van der Waals surface area contributed by atoms with Crippen LogP contribution in [-0.4, -0.2) is 56.7 Å². The number of nitrogens with zero attached hydrogens (tertiary/aromatic N) is 6. The number of benzene rings is 2. The predicted molar refractivity (Wildman–Crippen MR) is 119 cm³/mol. The minimum Gasteiger partial charge on any atom is -0.353 e. The van der Waals surface area contributed by atoms with Crippen LogP contribution in [0.5, 0.6) is 0 Å². The van der Waals surface area contributed by atoms with Crippen LogP contribution >= 0.6 is 0 Å². The third kappa shape index (κ3) is 4.07. The molecular weight excluding hydrogens is 407 g/mol. The molecule has 32 heavy (non-hydrogen) atoms. The van der Waals surface area contributed by atoms with Crippen molar-refractivity contribution >= 4 is 11.7 Å². The Morgan fingerprint density at radius 1 is 0.906 bits per heavy atom. The monoisotopic (exact) mass is 428 g/mol. The Kier molecular flexibility index (Phi) is 5.33. The van der Waals surface area contributed by atoms with Gasteiger partial charge in [-0.05, 0) is 30.3 Å². The first-order chi connectivity index (χ1) is 15.7. The number of anilines is 1. The van der Waals surface area contributed by atoms with Gasteiger partial charge in [0.15, 0.2) is 11.5 Å². The fourth-order valence-corrected chi connectivity index (χ4v) is 3.75. The molecule has 0 unspecified atom stereocenters. The maximum Gasteiger partial charge on any atom is 0.274 e. The number of halogens is 1. The first kappa shape index (κ1) is 19.9. The molecular formula is C24H21FN6O. The number of piperazine rings is 1. The third-order valence-electron chi connectivity index (χ3n) is 5.44. The van der Waals surface area contributed by atoms with E-state index in [9.17, 15) is 9.18 Å². The Balaban J connectivity index is 1.25. The first-order valence-electron chi connectivity index (χ1n) is 10.4. The summed E-state index contributed by atoms with van der Waals surface area (Å²) in [5.74, 6) is 1.06. The summed E-state index contributed by atoms with van der Waals surface area (Å²) in [4.78, 5) is 26.0. The van der Waals surface area contributed by atoms with Gasteiger partial charge in [0, 0.05) is 44.1 Å². The summed E-state index contributed by atoms with van der Waals surface area (Å²) in [6, 6.07) is 19.5. The highest BCUT2D eigenvalue weighted by Crippen LogP contribution is 2.20. The van der Waals surface area contributed by atoms with Crippen LogP contribution in [0.2, 0.25) is 0 Å². The third-order valence-corrected chi connectivity index (χ3v) is 5.44. The normalized spacial score (nSPS) is 13.9. The Bertz CT molecular complexity index is 1230. The molecule has 0 spiro atoms. The van der Waals surface area contributed by atoms with Gasteiger partial charge in [-0.1, -0.05) is 36.4 Å². The van der Waals surface area contributed by atoms with Crippen molar-refractivity contribution in [2.75, 3.05) is 31.1 Å². The molecule has 7 nitrogen and oxygen atoms in total. The van der Waals surface area contributed by atoms with Crippen molar-refractivity contribution in [1.29, 1.82) is 0 Å². The van der Waals surface area contributed by atoms with Crippen molar-refractivity contribution < 1.29 is 9.18 Å². The first-order valence-corrected chi connectivity index (χ1v) is 10.4. The molecule has 4 aromatic rings. The van der Waals surface area contributed by atoms with Gasteiger partial charge in [-0.15, -0.1) is 0 Å². The molecule has 3 heterocycles. The van der Waals surface area contributed by atoms with Gasteiger partial charge >= 0.3 is 0 Å². The van der Waals surface area contributed by atoms with Gasteiger partial charge in [-0.25, -0.2) is 19.0 Å². The molecule has 8 heteroatoms. The van der Waals surface area contributed by atoms with Crippen molar-refractivity contribution in [2.45, 2.75) is 0 Å². The Morgan fingerprint density at radius 2 is 1.72 bits per heavy atom. The summed E-state index contributed by atoms with van der Waals surface area (Å²) in [7, 11) is 0. The predicted octanol–water partition coefficient (Wildman–Crippen LogP) is 3.43. The molecule has 2 aromatic heterocycles. The van der Waals surface area contributed by atoms with Gasteiger partial charge in [0.1, 0.15) is 11.6 Å². The minimum atomic E-state index is -0.345. The lowest BCUT2D eigenvalue weighted by Gasteiger charge is -2.35. The van der Waals surface area contributed by atoms with Crippen molar-refractivity contribution in [3.63, 3.8) is 0 Å². The second-order valence-corrected chi connectivity index (χ2v) is 7.51. The SMILES string of the molecule is O=C(c1ccn(-c2cccc(F)c2)n1)N1CCN(c2ccnc(-c3ccccc3)n2)CC1. The summed E-state index contributed by atoms with van der Waals surface area (Å²) in [6.45, 7) is 2.47. The van der Waals surface area contributed by atoms with E-state index in [1.165, 1.54) is 16.8 Å². The largest absolute Gasteiger partial charge is 0.353 e. The van der Waals surface area contributed by atoms with E-state index in [1.54, 1.807) is 35.5 Å². The topological polar surface area (TPSA) is 67.2 Å². The van der Waals surface area contributed by atoms with E-state index < -0.39 is 0 Å². The number of carbonyl (C=O) groups excluding carboxylic acids is 1. The number of rotatable bonds is 4. The fraction of sp³-hybridized carbons (Fsp3) is 0.167. The summed E-state index contributed by atoms with van der Waals surface area (Å²) in [5, 5.41) is 4.34. The van der Waals surface area contributed by atoms with Crippen molar-refractivity contribution in [2.24, 2.45) is 0 Å². The smallest absolute Gasteiger partial charge is 0.274 e. The Hall–Kier alpha value is -4.07. The zero-order chi connectivity index (χ0) is 21.9. The average molecular weight is 428 g/mol. The molecule has 1 aliphatic heterocycles. The van der Waals surface area contributed by atoms with Gasteiger partial charge in [0.05, 0.1) is 5.69 Å². The van der Waals surface area contributed by atoms with Crippen LogP contribution in [0.25, 0.3) is 17.1 Å². The van der Waals surface area contributed by atoms with Gasteiger partial charge < -0.3 is 9.80 Å². The summed E-state index contributed by atoms with van der Waals surface area (Å²) < 4.78 is 15.0. The van der Waals surface area contributed by atoms with E-state index in [1.807, 2.05) is 36.4 Å². The van der Waals surface area contributed by atoms with Crippen LogP contribution < -0.4 is 4.90 Å². The maximum atomic E-state index is 13.5. The van der Waals surface area contributed by atoms with Gasteiger partial charge in [0.2, 0.25) is 0 Å². The van der Waals surface area contributed by atoms with Crippen molar-refractivity contribution in [1.82, 2.24) is 24.6 Å². The van der Waals surface area contributed by atoms with Crippen LogP contribution in [-0.2, 0) is 0 Å². The highest BCUT2D eigenvalue weighted by Gasteiger charge is 2.24. The molecule has 0 saturated carbocycles. The second kappa shape index (κ2) is 8.58. The molecule has 160 valence electrons. The molecule has 0 radical (unpaired) electrons. The van der Waals surface area contributed by atoms with Crippen LogP contribution in [0.1, 0.15) is 10.5 Å². The van der Waals surface area contributed by atoms with Gasteiger partial charge in [0.25, 0.3) is 5.91 Å². The Morgan fingerprint density at radius 3 is 2.50 bits per heavy atom. The molecule has 5 rings (SSSR count). The number of aromatic nitrogens is 4. The lowest BCUT2D eigenvalue weighted by Crippen LogP contribution is -2.49. The fourth-order valence-electron chi connectivity index (χ4n) is 3.75. The number of hydrogen-bond donors (Lipinski definition) is 0. The summed E-state index contributed by atoms with van der Waals surface area (Å²) >= 11 is 0. The zero-order valence-electron chi connectivity index (χ0n) is 17.3. The van der Waals surface area contributed by atoms with Crippen LogP contribution in [0.3, 0.4) is 0 Å². The summed E-state index contributed by atoms with van der Waals surface area (Å²) in [6.07, 6.45) is 3.44. The zero-order valence-corrected chi connectivity index (χ0v) is 17.3. The molecule has 0 aliphatic carbocycles. The van der Waals surface area contributed by atoms with E-state index in [0.29, 0.717) is 43.4 Å². The van der Waals surface area contributed by atoms with E-state index in [2.05, 4.69) is 15.0 Å². The number of hydrogen-bond acceptors (Lipinski definition) is 5. The van der Waals surface area contributed by atoms with E-state index in [-0.39, 0.29) is 11.7 Å². The Labute approximate surface area is 184 Å². The average Bonchev–Trinajstić information content (AvgIpc) is 3.35. The highest BCUT2D eigenvalue weighted by molar-refractivity contribution is 5.92. The molecule has 0 atom stereocenters. The molecule has 0 bridgehead atoms. The van der Waals surface area contributed by atoms with Crippen LogP contribution in [0.15, 0.2) is 79.1 Å². The molecule has 1 fully saturated rings. The maximum absolute atomic E-state index is 13.5. The molecule has 1 aliphatic rings. The second-order valence-electron chi connectivity index (χ2n) is 7.51. The van der Waals surface area contributed by atoms with E-state index >= 15 is 0 Å². The highest BCUT2D eigenvalue weighted by atomic mass is 19.1. The van der Waals surface area contributed by atoms with Crippen molar-refractivity contribution in [3.05, 3.63) is 90.6 Å². The lowest BCUT2D eigenvalue weighted by molar-refractivity contribution is 0.0740. The van der Waals surface area contributed by atoms with Crippen molar-refractivity contribution in [3.8, 4) is 17.1 Å². The summed E-state index contributed by atoms with van der Waals surface area (Å²) in [5.41, 5.74) is 1.89. The standard InChI is InChI=1S/C24H21FN6O/c25-19-7-4-8-20(17-19)31-12-10-21(28-31)24(32)30-15-13-29(14-16-30)22-9-11-26-23(27-22)18-5-2-1-3-6-18/h1-12,17H,13-16H2. The van der Waals surface area contributed by atoms with E-state index in [4.69, 9.17) is 4.98 Å². The van der Waals surface area contributed by atoms with E-state index in [0.717, 1.165) is 11.4 Å². The minimum absolute atomic E-state index is 0.132. The van der Waals surface area contributed by atoms with Gasteiger partial charge in [-0.3, -0.25) is 4.79 Å². The van der Waals surface area contributed by atoms with Crippen LogP contribution in [0, 0.1) is 5.82 Å². The quantitative estimate of drug-likeness (QED) is 0.498. The molecule has 1 amide bonds. The molecule has 1 saturated heterocycles. The lowest BCUT2D eigenvalue weighted by atomic mass is 10.2. The number of carbonyl (C=O) groups is 1.